The van der Waals surface area contributed by atoms with Crippen LogP contribution in [0.5, 0.6) is 0 Å². The summed E-state index contributed by atoms with van der Waals surface area (Å²) in [5, 5.41) is 3.65. The van der Waals surface area contributed by atoms with Crippen molar-refractivity contribution in [2.45, 2.75) is 70.0 Å². The second-order valence-electron chi connectivity index (χ2n) is 7.41. The maximum Gasteiger partial charge on any atom is 0.0356 e. The molecule has 0 aromatic heterocycles. The summed E-state index contributed by atoms with van der Waals surface area (Å²) in [6.45, 7) is 8.30. The highest BCUT2D eigenvalue weighted by Crippen LogP contribution is 2.31. The molecule has 1 unspecified atom stereocenters. The molecular weight excluding hydrogens is 234 g/mol. The van der Waals surface area contributed by atoms with E-state index in [1.165, 1.54) is 45.1 Å². The molecule has 3 heteroatoms. The molecule has 0 aromatic carbocycles. The van der Waals surface area contributed by atoms with Gasteiger partial charge in [0.05, 0.1) is 0 Å². The van der Waals surface area contributed by atoms with E-state index in [0.29, 0.717) is 11.6 Å². The molecule has 1 N–H and O–H groups in total. The monoisotopic (exact) mass is 267 g/mol. The Hall–Kier alpha value is -0.120. The van der Waals surface area contributed by atoms with Crippen molar-refractivity contribution in [3.8, 4) is 0 Å². The number of hydrogen-bond acceptors (Lipinski definition) is 3. The SMILES string of the molecule is CN(C)CC1CNCC(C)(C)N1C1CCCCCC1. The van der Waals surface area contributed by atoms with Crippen LogP contribution >= 0.6 is 0 Å². The maximum atomic E-state index is 3.65. The van der Waals surface area contributed by atoms with E-state index in [-0.39, 0.29) is 0 Å². The van der Waals surface area contributed by atoms with E-state index in [4.69, 9.17) is 0 Å². The van der Waals surface area contributed by atoms with E-state index >= 15 is 0 Å². The Morgan fingerprint density at radius 3 is 2.32 bits per heavy atom. The molecule has 3 nitrogen and oxygen atoms in total. The minimum Gasteiger partial charge on any atom is -0.313 e. The molecule has 0 radical (unpaired) electrons. The minimum atomic E-state index is 0.300. The molecule has 0 bridgehead atoms. The summed E-state index contributed by atoms with van der Waals surface area (Å²) >= 11 is 0. The van der Waals surface area contributed by atoms with Crippen LogP contribution in [-0.2, 0) is 0 Å². The van der Waals surface area contributed by atoms with Crippen molar-refractivity contribution in [1.29, 1.82) is 0 Å². The first kappa shape index (κ1) is 15.3. The lowest BCUT2D eigenvalue weighted by Gasteiger charge is -2.52. The zero-order valence-electron chi connectivity index (χ0n) is 13.4. The quantitative estimate of drug-likeness (QED) is 0.792. The lowest BCUT2D eigenvalue weighted by atomic mass is 9.90. The summed E-state index contributed by atoms with van der Waals surface area (Å²) in [7, 11) is 4.40. The van der Waals surface area contributed by atoms with Gasteiger partial charge in [0, 0.05) is 37.3 Å². The van der Waals surface area contributed by atoms with Crippen LogP contribution in [0, 0.1) is 0 Å². The Bertz CT molecular complexity index is 265. The van der Waals surface area contributed by atoms with E-state index in [2.05, 4.69) is 43.1 Å². The molecule has 1 heterocycles. The lowest BCUT2D eigenvalue weighted by Crippen LogP contribution is -2.67. The van der Waals surface area contributed by atoms with E-state index in [1.54, 1.807) is 0 Å². The molecule has 1 atom stereocenters. The predicted octanol–water partition coefficient (Wildman–Crippen LogP) is 2.32. The molecule has 0 amide bonds. The Morgan fingerprint density at radius 1 is 1.11 bits per heavy atom. The van der Waals surface area contributed by atoms with Crippen LogP contribution in [-0.4, -0.2) is 61.2 Å². The summed E-state index contributed by atoms with van der Waals surface area (Å²) in [6.07, 6.45) is 8.57. The van der Waals surface area contributed by atoms with Gasteiger partial charge in [0.2, 0.25) is 0 Å². The van der Waals surface area contributed by atoms with Gasteiger partial charge < -0.3 is 10.2 Å². The third kappa shape index (κ3) is 3.93. The van der Waals surface area contributed by atoms with Gasteiger partial charge in [-0.1, -0.05) is 25.7 Å². The van der Waals surface area contributed by atoms with Crippen molar-refractivity contribution in [2.75, 3.05) is 33.7 Å². The average molecular weight is 267 g/mol. The molecule has 1 saturated heterocycles. The van der Waals surface area contributed by atoms with Gasteiger partial charge in [-0.05, 0) is 40.8 Å². The molecule has 1 aliphatic carbocycles. The largest absolute Gasteiger partial charge is 0.313 e. The zero-order chi connectivity index (χ0) is 13.9. The van der Waals surface area contributed by atoms with E-state index in [1.807, 2.05) is 0 Å². The number of piperazine rings is 1. The van der Waals surface area contributed by atoms with Gasteiger partial charge in [0.15, 0.2) is 0 Å². The predicted molar refractivity (Wildman–Crippen MR) is 82.6 cm³/mol. The van der Waals surface area contributed by atoms with Gasteiger partial charge in [0.25, 0.3) is 0 Å². The van der Waals surface area contributed by atoms with Crippen LogP contribution in [0.2, 0.25) is 0 Å². The first-order chi connectivity index (χ1) is 9.00. The van der Waals surface area contributed by atoms with E-state index in [9.17, 15) is 0 Å². The number of rotatable bonds is 3. The van der Waals surface area contributed by atoms with Gasteiger partial charge in [-0.2, -0.15) is 0 Å². The van der Waals surface area contributed by atoms with Gasteiger partial charge in [-0.15, -0.1) is 0 Å². The highest BCUT2D eigenvalue weighted by atomic mass is 15.3. The van der Waals surface area contributed by atoms with Gasteiger partial charge in [-0.25, -0.2) is 0 Å². The van der Waals surface area contributed by atoms with E-state index < -0.39 is 0 Å². The highest BCUT2D eigenvalue weighted by molar-refractivity contribution is 4.98. The average Bonchev–Trinajstić information content (AvgIpc) is 2.55. The molecule has 2 rings (SSSR count). The van der Waals surface area contributed by atoms with Crippen molar-refractivity contribution in [3.05, 3.63) is 0 Å². The second-order valence-corrected chi connectivity index (χ2v) is 7.41. The van der Waals surface area contributed by atoms with Crippen LogP contribution in [0.3, 0.4) is 0 Å². The number of likely N-dealkylation sites (N-methyl/N-ethyl adjacent to an activating group) is 1. The fourth-order valence-corrected chi connectivity index (χ4v) is 4.13. The summed E-state index contributed by atoms with van der Waals surface area (Å²) in [6, 6.07) is 1.48. The fraction of sp³-hybridized carbons (Fsp3) is 1.00. The van der Waals surface area contributed by atoms with Crippen molar-refractivity contribution in [3.63, 3.8) is 0 Å². The first-order valence-electron chi connectivity index (χ1n) is 8.14. The summed E-state index contributed by atoms with van der Waals surface area (Å²) in [5.41, 5.74) is 0.300. The van der Waals surface area contributed by atoms with Crippen LogP contribution in [0.1, 0.15) is 52.4 Å². The van der Waals surface area contributed by atoms with Gasteiger partial charge in [0.1, 0.15) is 0 Å². The maximum absolute atomic E-state index is 3.65. The molecule has 0 aromatic rings. The van der Waals surface area contributed by atoms with Crippen LogP contribution in [0.15, 0.2) is 0 Å². The molecule has 1 saturated carbocycles. The van der Waals surface area contributed by atoms with E-state index in [0.717, 1.165) is 19.1 Å². The molecule has 2 fully saturated rings. The number of hydrogen-bond donors (Lipinski definition) is 1. The van der Waals surface area contributed by atoms with Crippen LogP contribution in [0.4, 0.5) is 0 Å². The Labute approximate surface area is 119 Å². The molecule has 112 valence electrons. The van der Waals surface area contributed by atoms with Crippen molar-refractivity contribution in [1.82, 2.24) is 15.1 Å². The summed E-state index contributed by atoms with van der Waals surface area (Å²) < 4.78 is 0. The third-order valence-corrected chi connectivity index (χ3v) is 4.82. The second kappa shape index (κ2) is 6.55. The van der Waals surface area contributed by atoms with Gasteiger partial charge in [-0.3, -0.25) is 4.90 Å². The van der Waals surface area contributed by atoms with Gasteiger partial charge >= 0.3 is 0 Å². The molecule has 2 aliphatic rings. The van der Waals surface area contributed by atoms with Crippen LogP contribution < -0.4 is 5.32 Å². The van der Waals surface area contributed by atoms with Crippen molar-refractivity contribution < 1.29 is 0 Å². The van der Waals surface area contributed by atoms with Crippen molar-refractivity contribution in [2.24, 2.45) is 0 Å². The Balaban J connectivity index is 2.12. The summed E-state index contributed by atoms with van der Waals surface area (Å²) in [4.78, 5) is 5.21. The fourth-order valence-electron chi connectivity index (χ4n) is 4.13. The molecule has 1 aliphatic heterocycles. The molecule has 0 spiro atoms. The minimum absolute atomic E-state index is 0.300. The molecular formula is C16H33N3. The Kier molecular flexibility index (Phi) is 5.27. The number of nitrogens with zero attached hydrogens (tertiary/aromatic N) is 2. The topological polar surface area (TPSA) is 18.5 Å². The highest BCUT2D eigenvalue weighted by Gasteiger charge is 2.40. The van der Waals surface area contributed by atoms with Crippen molar-refractivity contribution >= 4 is 0 Å². The number of nitrogens with one attached hydrogen (secondary N) is 1. The first-order valence-corrected chi connectivity index (χ1v) is 8.14. The van der Waals surface area contributed by atoms with Crippen LogP contribution in [0.25, 0.3) is 0 Å². The normalized spacial score (nSPS) is 30.5. The smallest absolute Gasteiger partial charge is 0.0356 e. The Morgan fingerprint density at radius 2 is 1.74 bits per heavy atom. The third-order valence-electron chi connectivity index (χ3n) is 4.82. The standard InChI is InChI=1S/C16H33N3/c1-16(2)13-17-11-15(12-18(3)4)19(16)14-9-7-5-6-8-10-14/h14-15,17H,5-13H2,1-4H3. The summed E-state index contributed by atoms with van der Waals surface area (Å²) in [5.74, 6) is 0. The lowest BCUT2D eigenvalue weighted by molar-refractivity contribution is -0.0173. The molecule has 19 heavy (non-hydrogen) atoms. The zero-order valence-corrected chi connectivity index (χ0v) is 13.4.